The summed E-state index contributed by atoms with van der Waals surface area (Å²) in [6.45, 7) is 6.59. The van der Waals surface area contributed by atoms with Crippen molar-refractivity contribution in [2.45, 2.75) is 45.3 Å². The van der Waals surface area contributed by atoms with Gasteiger partial charge in [0.25, 0.3) is 11.8 Å². The molecule has 1 aromatic carbocycles. The molecule has 0 saturated carbocycles. The molecule has 1 atom stereocenters. The third kappa shape index (κ3) is 7.32. The second kappa shape index (κ2) is 9.86. The van der Waals surface area contributed by atoms with Crippen molar-refractivity contribution in [2.75, 3.05) is 0 Å². The average molecular weight is 495 g/mol. The lowest BCUT2D eigenvalue weighted by Gasteiger charge is -2.31. The molecule has 8 nitrogen and oxygen atoms in total. The molecule has 31 heavy (non-hydrogen) atoms. The van der Waals surface area contributed by atoms with Crippen molar-refractivity contribution in [1.82, 2.24) is 21.2 Å². The number of halogens is 2. The molecular weight excluding hydrogens is 471 g/mol. The number of ether oxygens (including phenoxy) is 1. The van der Waals surface area contributed by atoms with Gasteiger partial charge < -0.3 is 10.1 Å². The smallest absolute Gasteiger partial charge is 0.408 e. The first kappa shape index (κ1) is 24.3. The van der Waals surface area contributed by atoms with Crippen LogP contribution in [0.3, 0.4) is 0 Å². The van der Waals surface area contributed by atoms with Crippen LogP contribution in [0.5, 0.6) is 0 Å². The van der Waals surface area contributed by atoms with Crippen LogP contribution in [-0.4, -0.2) is 34.0 Å². The summed E-state index contributed by atoms with van der Waals surface area (Å²) in [6, 6.07) is 10.2. The number of hydrazine groups is 1. The SMILES string of the molecule is CC(C)(C)OC(=O)N[C@](C)(Cc1ccccc1)C(=O)NNC(=O)c1cc(Br)ncc1F. The van der Waals surface area contributed by atoms with Gasteiger partial charge in [0.1, 0.15) is 15.7 Å². The van der Waals surface area contributed by atoms with Gasteiger partial charge in [0, 0.05) is 6.42 Å². The van der Waals surface area contributed by atoms with E-state index in [-0.39, 0.29) is 16.6 Å². The first-order valence-corrected chi connectivity index (χ1v) is 10.2. The summed E-state index contributed by atoms with van der Waals surface area (Å²) in [5.74, 6) is -2.45. The molecule has 166 valence electrons. The standard InChI is InChI=1S/C21H24BrFN4O4/c1-20(2,3)31-19(30)25-21(4,11-13-8-6-5-7-9-13)18(29)27-26-17(28)14-10-16(22)24-12-15(14)23/h5-10,12H,11H2,1-4H3,(H,25,30)(H,26,28)(H,27,29)/t21-/m1/s1. The molecule has 0 unspecified atom stereocenters. The van der Waals surface area contributed by atoms with E-state index in [1.54, 1.807) is 45.0 Å². The van der Waals surface area contributed by atoms with Crippen LogP contribution in [0.4, 0.5) is 9.18 Å². The Kier molecular flexibility index (Phi) is 7.72. The molecule has 0 aliphatic carbocycles. The van der Waals surface area contributed by atoms with Gasteiger partial charge in [-0.05, 0) is 55.3 Å². The van der Waals surface area contributed by atoms with Crippen LogP contribution in [0.15, 0.2) is 47.2 Å². The van der Waals surface area contributed by atoms with Gasteiger partial charge in [0.15, 0.2) is 5.82 Å². The minimum absolute atomic E-state index is 0.115. The highest BCUT2D eigenvalue weighted by Gasteiger charge is 2.37. The van der Waals surface area contributed by atoms with Crippen molar-refractivity contribution in [3.05, 3.63) is 64.1 Å². The molecule has 1 heterocycles. The molecule has 2 aromatic rings. The van der Waals surface area contributed by atoms with Crippen LogP contribution in [0.1, 0.15) is 43.6 Å². The van der Waals surface area contributed by atoms with E-state index < -0.39 is 34.9 Å². The van der Waals surface area contributed by atoms with Crippen LogP contribution < -0.4 is 16.2 Å². The van der Waals surface area contributed by atoms with Gasteiger partial charge in [0.05, 0.1) is 11.8 Å². The lowest BCUT2D eigenvalue weighted by molar-refractivity contribution is -0.127. The zero-order valence-electron chi connectivity index (χ0n) is 17.6. The number of amides is 3. The average Bonchev–Trinajstić information content (AvgIpc) is 2.66. The van der Waals surface area contributed by atoms with Crippen LogP contribution in [0.25, 0.3) is 0 Å². The maximum atomic E-state index is 13.9. The van der Waals surface area contributed by atoms with Gasteiger partial charge in [-0.25, -0.2) is 14.2 Å². The number of hydrogen-bond donors (Lipinski definition) is 3. The predicted octanol–water partition coefficient (Wildman–Crippen LogP) is 3.27. The van der Waals surface area contributed by atoms with Crippen LogP contribution >= 0.6 is 15.9 Å². The van der Waals surface area contributed by atoms with Crippen molar-refractivity contribution >= 4 is 33.8 Å². The highest BCUT2D eigenvalue weighted by Crippen LogP contribution is 2.16. The second-order valence-electron chi connectivity index (χ2n) is 8.02. The number of alkyl carbamates (subject to hydrolysis) is 1. The molecule has 0 saturated heterocycles. The normalized spacial score (nSPS) is 13.0. The van der Waals surface area contributed by atoms with Gasteiger partial charge in [-0.3, -0.25) is 20.4 Å². The molecule has 0 bridgehead atoms. The zero-order valence-corrected chi connectivity index (χ0v) is 19.2. The maximum Gasteiger partial charge on any atom is 0.408 e. The lowest BCUT2D eigenvalue weighted by atomic mass is 9.92. The van der Waals surface area contributed by atoms with Crippen molar-refractivity contribution in [1.29, 1.82) is 0 Å². The van der Waals surface area contributed by atoms with E-state index in [0.29, 0.717) is 0 Å². The molecule has 0 aliphatic rings. The lowest BCUT2D eigenvalue weighted by Crippen LogP contribution is -2.61. The van der Waals surface area contributed by atoms with Crippen molar-refractivity contribution < 1.29 is 23.5 Å². The van der Waals surface area contributed by atoms with Crippen LogP contribution in [0, 0.1) is 5.82 Å². The van der Waals surface area contributed by atoms with Gasteiger partial charge in [0.2, 0.25) is 0 Å². The van der Waals surface area contributed by atoms with Crippen molar-refractivity contribution in [3.8, 4) is 0 Å². The fourth-order valence-corrected chi connectivity index (χ4v) is 2.95. The Hall–Kier alpha value is -3.01. The number of pyridine rings is 1. The van der Waals surface area contributed by atoms with E-state index in [1.807, 2.05) is 6.07 Å². The summed E-state index contributed by atoms with van der Waals surface area (Å²) in [7, 11) is 0. The minimum atomic E-state index is -1.48. The van der Waals surface area contributed by atoms with Gasteiger partial charge >= 0.3 is 6.09 Å². The van der Waals surface area contributed by atoms with Crippen molar-refractivity contribution in [2.24, 2.45) is 0 Å². The Morgan fingerprint density at radius 3 is 2.35 bits per heavy atom. The molecular formula is C21H24BrFN4O4. The minimum Gasteiger partial charge on any atom is -0.444 e. The monoisotopic (exact) mass is 494 g/mol. The summed E-state index contributed by atoms with van der Waals surface area (Å²) in [5.41, 5.74) is 2.62. The Labute approximate surface area is 188 Å². The molecule has 3 amide bonds. The number of aromatic nitrogens is 1. The van der Waals surface area contributed by atoms with Gasteiger partial charge in [-0.1, -0.05) is 30.3 Å². The number of nitrogens with zero attached hydrogens (tertiary/aromatic N) is 1. The summed E-state index contributed by atoms with van der Waals surface area (Å²) < 4.78 is 19.4. The molecule has 10 heteroatoms. The zero-order chi connectivity index (χ0) is 23.2. The van der Waals surface area contributed by atoms with E-state index >= 15 is 0 Å². The third-order valence-electron chi connectivity index (χ3n) is 4.03. The number of benzene rings is 1. The van der Waals surface area contributed by atoms with E-state index in [0.717, 1.165) is 11.8 Å². The maximum absolute atomic E-state index is 13.9. The predicted molar refractivity (Wildman–Crippen MR) is 115 cm³/mol. The summed E-state index contributed by atoms with van der Waals surface area (Å²) in [5, 5.41) is 2.57. The van der Waals surface area contributed by atoms with E-state index in [9.17, 15) is 18.8 Å². The molecule has 0 aliphatic heterocycles. The van der Waals surface area contributed by atoms with Gasteiger partial charge in [-0.2, -0.15) is 0 Å². The Balaban J connectivity index is 2.17. The summed E-state index contributed by atoms with van der Waals surface area (Å²) in [4.78, 5) is 41.3. The first-order valence-electron chi connectivity index (χ1n) is 9.36. The Bertz CT molecular complexity index is 966. The number of carbonyl (C=O) groups excluding carboxylic acids is 3. The summed E-state index contributed by atoms with van der Waals surface area (Å²) in [6.07, 6.45) is 0.200. The topological polar surface area (TPSA) is 109 Å². The van der Waals surface area contributed by atoms with Gasteiger partial charge in [-0.15, -0.1) is 0 Å². The largest absolute Gasteiger partial charge is 0.444 e. The molecule has 2 rings (SSSR count). The Morgan fingerprint density at radius 2 is 1.74 bits per heavy atom. The summed E-state index contributed by atoms with van der Waals surface area (Å²) >= 11 is 3.06. The van der Waals surface area contributed by atoms with E-state index in [2.05, 4.69) is 37.1 Å². The molecule has 1 aromatic heterocycles. The Morgan fingerprint density at radius 1 is 1.10 bits per heavy atom. The number of hydrogen-bond acceptors (Lipinski definition) is 5. The molecule has 0 radical (unpaired) electrons. The fraction of sp³-hybridized carbons (Fsp3) is 0.333. The number of carbonyl (C=O) groups is 3. The number of nitrogens with one attached hydrogen (secondary N) is 3. The highest BCUT2D eigenvalue weighted by molar-refractivity contribution is 9.10. The fourth-order valence-electron chi connectivity index (χ4n) is 2.62. The first-order chi connectivity index (χ1) is 14.4. The van der Waals surface area contributed by atoms with Crippen LogP contribution in [0.2, 0.25) is 0 Å². The highest BCUT2D eigenvalue weighted by atomic mass is 79.9. The number of rotatable bonds is 5. The van der Waals surface area contributed by atoms with Crippen LogP contribution in [-0.2, 0) is 16.0 Å². The van der Waals surface area contributed by atoms with E-state index in [4.69, 9.17) is 4.74 Å². The molecule has 0 spiro atoms. The third-order valence-corrected chi connectivity index (χ3v) is 4.47. The second-order valence-corrected chi connectivity index (χ2v) is 8.83. The quantitative estimate of drug-likeness (QED) is 0.436. The molecule has 0 fully saturated rings. The van der Waals surface area contributed by atoms with E-state index in [1.165, 1.54) is 13.0 Å². The van der Waals surface area contributed by atoms with Crippen molar-refractivity contribution in [3.63, 3.8) is 0 Å². The molecule has 3 N–H and O–H groups in total.